The molecule has 1 unspecified atom stereocenters. The third-order valence-electron chi connectivity index (χ3n) is 4.17. The molecule has 1 N–H and O–H groups in total. The number of amides is 1. The van der Waals surface area contributed by atoms with E-state index in [9.17, 15) is 4.79 Å². The third kappa shape index (κ3) is 2.40. The van der Waals surface area contributed by atoms with E-state index in [-0.39, 0.29) is 5.92 Å². The normalized spacial score (nSPS) is 36.1. The highest BCUT2D eigenvalue weighted by molar-refractivity contribution is 5.80. The van der Waals surface area contributed by atoms with Gasteiger partial charge >= 0.3 is 0 Å². The van der Waals surface area contributed by atoms with Gasteiger partial charge in [-0.15, -0.1) is 0 Å². The minimum Gasteiger partial charge on any atom is -0.340 e. The number of carbonyl (C=O) groups is 1. The molecule has 2 rings (SSSR count). The second-order valence-corrected chi connectivity index (χ2v) is 5.47. The molecule has 0 aromatic rings. The van der Waals surface area contributed by atoms with E-state index in [1.165, 1.54) is 25.7 Å². The lowest BCUT2D eigenvalue weighted by Crippen LogP contribution is -2.43. The van der Waals surface area contributed by atoms with Gasteiger partial charge in [0.15, 0.2) is 0 Å². The van der Waals surface area contributed by atoms with Crippen LogP contribution in [-0.4, -0.2) is 36.5 Å². The maximum Gasteiger partial charge on any atom is 0.227 e. The number of hydrogen-bond donors (Lipinski definition) is 1. The van der Waals surface area contributed by atoms with E-state index in [2.05, 4.69) is 24.1 Å². The predicted octanol–water partition coefficient (Wildman–Crippen LogP) is 1.63. The summed E-state index contributed by atoms with van der Waals surface area (Å²) in [7, 11) is 0. The Morgan fingerprint density at radius 1 is 1.19 bits per heavy atom. The van der Waals surface area contributed by atoms with Gasteiger partial charge in [0.2, 0.25) is 5.91 Å². The molecule has 1 amide bonds. The van der Waals surface area contributed by atoms with Gasteiger partial charge in [-0.25, -0.2) is 0 Å². The molecule has 0 radical (unpaired) electrons. The Morgan fingerprint density at radius 3 is 2.69 bits per heavy atom. The fraction of sp³-hybridized carbons (Fsp3) is 0.923. The van der Waals surface area contributed by atoms with Crippen LogP contribution in [0.25, 0.3) is 0 Å². The van der Waals surface area contributed by atoms with Crippen molar-refractivity contribution in [1.29, 1.82) is 0 Å². The summed E-state index contributed by atoms with van der Waals surface area (Å²) < 4.78 is 0. The van der Waals surface area contributed by atoms with Crippen LogP contribution >= 0.6 is 0 Å². The Kier molecular flexibility index (Phi) is 3.85. The van der Waals surface area contributed by atoms with E-state index < -0.39 is 0 Å². The Balaban J connectivity index is 2.01. The van der Waals surface area contributed by atoms with E-state index in [4.69, 9.17) is 0 Å². The van der Waals surface area contributed by atoms with Gasteiger partial charge in [-0.05, 0) is 32.2 Å². The maximum atomic E-state index is 12.5. The molecule has 0 aromatic heterocycles. The zero-order chi connectivity index (χ0) is 11.5. The first-order valence-electron chi connectivity index (χ1n) is 6.71. The van der Waals surface area contributed by atoms with Crippen LogP contribution in [0.2, 0.25) is 0 Å². The molecule has 3 heteroatoms. The van der Waals surface area contributed by atoms with Crippen molar-refractivity contribution >= 4 is 5.91 Å². The van der Waals surface area contributed by atoms with Gasteiger partial charge < -0.3 is 10.2 Å². The lowest BCUT2D eigenvalue weighted by atomic mass is 9.96. The van der Waals surface area contributed by atoms with Crippen LogP contribution in [0.3, 0.4) is 0 Å². The molecule has 0 saturated carbocycles. The summed E-state index contributed by atoms with van der Waals surface area (Å²) in [5.41, 5.74) is 0. The van der Waals surface area contributed by atoms with Crippen LogP contribution in [0, 0.1) is 11.8 Å². The first-order chi connectivity index (χ1) is 7.70. The fourth-order valence-electron chi connectivity index (χ4n) is 2.96. The number of likely N-dealkylation sites (tertiary alicyclic amines) is 1. The molecule has 0 aromatic carbocycles. The van der Waals surface area contributed by atoms with E-state index in [0.717, 1.165) is 19.6 Å². The molecule has 2 aliphatic heterocycles. The summed E-state index contributed by atoms with van der Waals surface area (Å²) in [6.07, 6.45) is 4.93. The van der Waals surface area contributed by atoms with Crippen LogP contribution in [0.1, 0.15) is 39.5 Å². The second-order valence-electron chi connectivity index (χ2n) is 5.47. The van der Waals surface area contributed by atoms with Gasteiger partial charge in [0.05, 0.1) is 5.92 Å². The highest BCUT2D eigenvalue weighted by Gasteiger charge is 2.34. The van der Waals surface area contributed by atoms with Crippen molar-refractivity contribution in [3.05, 3.63) is 0 Å². The molecular weight excluding hydrogens is 200 g/mol. The molecule has 0 aliphatic carbocycles. The molecular formula is C13H24N2O. The monoisotopic (exact) mass is 224 g/mol. The SMILES string of the molecule is CC1CCCCCN1C(=O)[C@@H]1CNC[C@H]1C. The second kappa shape index (κ2) is 5.17. The van der Waals surface area contributed by atoms with E-state index in [0.29, 0.717) is 17.9 Å². The number of hydrogen-bond acceptors (Lipinski definition) is 2. The van der Waals surface area contributed by atoms with Crippen LogP contribution < -0.4 is 5.32 Å². The van der Waals surface area contributed by atoms with Crippen LogP contribution in [0.5, 0.6) is 0 Å². The van der Waals surface area contributed by atoms with Crippen molar-refractivity contribution in [3.63, 3.8) is 0 Å². The zero-order valence-electron chi connectivity index (χ0n) is 10.5. The number of nitrogens with zero attached hydrogens (tertiary/aromatic N) is 1. The molecule has 92 valence electrons. The Morgan fingerprint density at radius 2 is 2.00 bits per heavy atom. The highest BCUT2D eigenvalue weighted by Crippen LogP contribution is 2.23. The fourth-order valence-corrected chi connectivity index (χ4v) is 2.96. The quantitative estimate of drug-likeness (QED) is 0.734. The van der Waals surface area contributed by atoms with Crippen molar-refractivity contribution in [2.24, 2.45) is 11.8 Å². The van der Waals surface area contributed by atoms with Gasteiger partial charge in [0.25, 0.3) is 0 Å². The average molecular weight is 224 g/mol. The molecule has 2 saturated heterocycles. The van der Waals surface area contributed by atoms with Crippen molar-refractivity contribution in [1.82, 2.24) is 10.2 Å². The van der Waals surface area contributed by atoms with Crippen molar-refractivity contribution in [3.8, 4) is 0 Å². The summed E-state index contributed by atoms with van der Waals surface area (Å²) in [6.45, 7) is 7.24. The van der Waals surface area contributed by atoms with Gasteiger partial charge in [0.1, 0.15) is 0 Å². The lowest BCUT2D eigenvalue weighted by molar-refractivity contribution is -0.137. The molecule has 16 heavy (non-hydrogen) atoms. The molecule has 0 bridgehead atoms. The smallest absolute Gasteiger partial charge is 0.227 e. The van der Waals surface area contributed by atoms with E-state index in [1.807, 2.05) is 0 Å². The summed E-state index contributed by atoms with van der Waals surface area (Å²) in [5, 5.41) is 3.33. The van der Waals surface area contributed by atoms with Crippen molar-refractivity contribution in [2.45, 2.75) is 45.6 Å². The summed E-state index contributed by atoms with van der Waals surface area (Å²) in [4.78, 5) is 14.6. The topological polar surface area (TPSA) is 32.3 Å². The van der Waals surface area contributed by atoms with Gasteiger partial charge in [-0.3, -0.25) is 4.79 Å². The molecule has 3 atom stereocenters. The Bertz CT molecular complexity index is 254. The predicted molar refractivity (Wildman–Crippen MR) is 65.2 cm³/mol. The van der Waals surface area contributed by atoms with Crippen molar-refractivity contribution < 1.29 is 4.79 Å². The Hall–Kier alpha value is -0.570. The highest BCUT2D eigenvalue weighted by atomic mass is 16.2. The largest absolute Gasteiger partial charge is 0.340 e. The zero-order valence-corrected chi connectivity index (χ0v) is 10.5. The van der Waals surface area contributed by atoms with Crippen LogP contribution in [0.15, 0.2) is 0 Å². The average Bonchev–Trinajstić information content (AvgIpc) is 2.56. The first kappa shape index (κ1) is 11.9. The number of nitrogens with one attached hydrogen (secondary N) is 1. The number of rotatable bonds is 1. The number of carbonyl (C=O) groups excluding carboxylic acids is 1. The van der Waals surface area contributed by atoms with Crippen LogP contribution in [0.4, 0.5) is 0 Å². The van der Waals surface area contributed by atoms with Gasteiger partial charge in [0, 0.05) is 19.1 Å². The maximum absolute atomic E-state index is 12.5. The third-order valence-corrected chi connectivity index (χ3v) is 4.17. The van der Waals surface area contributed by atoms with E-state index >= 15 is 0 Å². The molecule has 2 heterocycles. The van der Waals surface area contributed by atoms with Gasteiger partial charge in [-0.1, -0.05) is 19.8 Å². The first-order valence-corrected chi connectivity index (χ1v) is 6.71. The molecule has 3 nitrogen and oxygen atoms in total. The minimum atomic E-state index is 0.223. The summed E-state index contributed by atoms with van der Waals surface area (Å²) in [6, 6.07) is 0.447. The van der Waals surface area contributed by atoms with Crippen molar-refractivity contribution in [2.75, 3.05) is 19.6 Å². The molecule has 0 spiro atoms. The summed E-state index contributed by atoms with van der Waals surface area (Å²) >= 11 is 0. The molecule has 2 aliphatic rings. The van der Waals surface area contributed by atoms with Gasteiger partial charge in [-0.2, -0.15) is 0 Å². The van der Waals surface area contributed by atoms with E-state index in [1.54, 1.807) is 0 Å². The standard InChI is InChI=1S/C13H24N2O/c1-10-8-14-9-12(10)13(16)15-7-5-3-4-6-11(15)2/h10-12,14H,3-9H2,1-2H3/t10-,11?,12-/m1/s1. The minimum absolute atomic E-state index is 0.223. The lowest BCUT2D eigenvalue weighted by Gasteiger charge is -2.30. The van der Waals surface area contributed by atoms with Crippen LogP contribution in [-0.2, 0) is 4.79 Å². The summed E-state index contributed by atoms with van der Waals surface area (Å²) in [5.74, 6) is 1.12. The molecule has 2 fully saturated rings. The Labute approximate surface area is 98.6 Å².